The molecule has 0 N–H and O–H groups in total. The molecule has 1 aromatic heterocycles. The van der Waals surface area contributed by atoms with E-state index in [9.17, 15) is 0 Å². The first-order valence-electron chi connectivity index (χ1n) is 15.3. The van der Waals surface area contributed by atoms with Gasteiger partial charge in [0.15, 0.2) is 0 Å². The van der Waals surface area contributed by atoms with Crippen molar-refractivity contribution in [2.75, 3.05) is 0 Å². The van der Waals surface area contributed by atoms with E-state index in [0.29, 0.717) is 5.92 Å². The number of fused-ring (bicyclic) bond motifs is 6. The number of benzene rings is 5. The Labute approximate surface area is 250 Å². The van der Waals surface area contributed by atoms with Crippen LogP contribution in [-0.4, -0.2) is 0 Å². The largest absolute Gasteiger partial charge is 0.456 e. The zero-order chi connectivity index (χ0) is 28.3. The van der Waals surface area contributed by atoms with Crippen molar-refractivity contribution >= 4 is 55.3 Å². The number of para-hydroxylation sites is 1. The summed E-state index contributed by atoms with van der Waals surface area (Å²) in [5.74, 6) is 0.608. The Morgan fingerprint density at radius 2 is 1.28 bits per heavy atom. The molecule has 0 aliphatic heterocycles. The summed E-state index contributed by atoms with van der Waals surface area (Å²) in [6.07, 6.45) is 18.4. The van der Waals surface area contributed by atoms with Crippen molar-refractivity contribution in [2.45, 2.75) is 12.8 Å². The number of allylic oxidation sites excluding steroid dienone is 8. The zero-order valence-corrected chi connectivity index (χ0v) is 23.8. The van der Waals surface area contributed by atoms with E-state index < -0.39 is 0 Å². The highest BCUT2D eigenvalue weighted by molar-refractivity contribution is 6.16. The van der Waals surface area contributed by atoms with Crippen molar-refractivity contribution in [3.8, 4) is 0 Å². The van der Waals surface area contributed by atoms with Crippen molar-refractivity contribution in [1.82, 2.24) is 0 Å². The lowest BCUT2D eigenvalue weighted by atomic mass is 9.72. The van der Waals surface area contributed by atoms with E-state index in [0.717, 1.165) is 23.8 Å². The Hall–Kier alpha value is -5.14. The van der Waals surface area contributed by atoms with Gasteiger partial charge in [-0.15, -0.1) is 0 Å². The fourth-order valence-electron chi connectivity index (χ4n) is 7.67. The average Bonchev–Trinajstić information content (AvgIpc) is 3.46. The molecule has 2 unspecified atom stereocenters. The lowest BCUT2D eigenvalue weighted by Crippen LogP contribution is -2.26. The molecule has 2 atom stereocenters. The van der Waals surface area contributed by atoms with E-state index in [2.05, 4.69) is 146 Å². The molecule has 204 valence electrons. The van der Waals surface area contributed by atoms with Gasteiger partial charge in [0.2, 0.25) is 0 Å². The first kappa shape index (κ1) is 24.5. The summed E-state index contributed by atoms with van der Waals surface area (Å²) in [7, 11) is 0. The second-order valence-corrected chi connectivity index (χ2v) is 11.9. The van der Waals surface area contributed by atoms with Gasteiger partial charge in [-0.25, -0.2) is 0 Å². The second-order valence-electron chi connectivity index (χ2n) is 11.9. The van der Waals surface area contributed by atoms with Crippen LogP contribution in [0.3, 0.4) is 0 Å². The summed E-state index contributed by atoms with van der Waals surface area (Å²) < 4.78 is 6.38. The standard InChI is InChI=1S/C42H30O/c1-2-12-27(13-3-1)28-24-25-30-29(26-28)14-10-20-31(30)40-32-15-4-6-17-34(32)41(35-18-7-5-16-33(35)40)37-21-11-23-39-42(37)36-19-8-9-22-38(36)43-39/h1-10,12-20,22-26,29-30H,11,21H2. The van der Waals surface area contributed by atoms with E-state index in [-0.39, 0.29) is 5.92 Å². The number of furan rings is 1. The molecular weight excluding hydrogens is 520 g/mol. The monoisotopic (exact) mass is 550 g/mol. The minimum absolute atomic E-state index is 0.288. The van der Waals surface area contributed by atoms with Crippen molar-refractivity contribution < 1.29 is 4.42 Å². The molecule has 3 aliphatic carbocycles. The van der Waals surface area contributed by atoms with Crippen molar-refractivity contribution in [1.29, 1.82) is 0 Å². The maximum atomic E-state index is 6.38. The van der Waals surface area contributed by atoms with Crippen LogP contribution in [0.15, 0.2) is 144 Å². The van der Waals surface area contributed by atoms with Gasteiger partial charge in [0.05, 0.1) is 0 Å². The molecular formula is C42H30O. The highest BCUT2D eigenvalue weighted by Gasteiger charge is 2.29. The smallest absolute Gasteiger partial charge is 0.135 e. The van der Waals surface area contributed by atoms with Gasteiger partial charge in [0.25, 0.3) is 0 Å². The van der Waals surface area contributed by atoms with Gasteiger partial charge in [-0.1, -0.05) is 134 Å². The quantitative estimate of drug-likeness (QED) is 0.200. The van der Waals surface area contributed by atoms with Gasteiger partial charge in [0.1, 0.15) is 11.0 Å². The van der Waals surface area contributed by atoms with E-state index in [1.165, 1.54) is 65.6 Å². The molecule has 5 aromatic carbocycles. The molecule has 1 nitrogen and oxygen atoms in total. The Bertz CT molecular complexity index is 2280. The van der Waals surface area contributed by atoms with Crippen LogP contribution in [0.5, 0.6) is 0 Å². The van der Waals surface area contributed by atoms with Crippen LogP contribution < -0.4 is 10.6 Å². The minimum atomic E-state index is 0.288. The molecule has 0 bridgehead atoms. The van der Waals surface area contributed by atoms with Crippen LogP contribution in [-0.2, 0) is 0 Å². The maximum Gasteiger partial charge on any atom is 0.135 e. The Morgan fingerprint density at radius 1 is 0.628 bits per heavy atom. The summed E-state index contributed by atoms with van der Waals surface area (Å²) in [6, 6.07) is 37.3. The fraction of sp³-hybridized carbons (Fsp3) is 0.0952. The highest BCUT2D eigenvalue weighted by Crippen LogP contribution is 2.46. The summed E-state index contributed by atoms with van der Waals surface area (Å²) in [6.45, 7) is 0. The third-order valence-electron chi connectivity index (χ3n) is 9.52. The lowest BCUT2D eigenvalue weighted by molar-refractivity contribution is 0.571. The molecule has 1 heterocycles. The predicted molar refractivity (Wildman–Crippen MR) is 181 cm³/mol. The fourth-order valence-corrected chi connectivity index (χ4v) is 7.67. The first-order chi connectivity index (χ1) is 21.3. The third-order valence-corrected chi connectivity index (χ3v) is 9.52. The molecule has 0 radical (unpaired) electrons. The molecule has 0 spiro atoms. The molecule has 0 amide bonds. The average molecular weight is 551 g/mol. The van der Waals surface area contributed by atoms with Crippen LogP contribution in [0.2, 0.25) is 0 Å². The molecule has 0 fully saturated rings. The second kappa shape index (κ2) is 9.71. The first-order valence-corrected chi connectivity index (χ1v) is 15.3. The van der Waals surface area contributed by atoms with Crippen molar-refractivity contribution in [2.24, 2.45) is 11.8 Å². The van der Waals surface area contributed by atoms with E-state index in [1.54, 1.807) is 0 Å². The Kier molecular flexibility index (Phi) is 5.52. The third kappa shape index (κ3) is 3.78. The SMILES string of the molecule is C1=CC2C=C(c3ccccc3)C=CC2C(c2c3ccccc3c(C3=c4c(oc5ccccc45)=CCC3)c3ccccc23)=C1. The van der Waals surface area contributed by atoms with Gasteiger partial charge < -0.3 is 4.42 Å². The molecule has 9 rings (SSSR count). The van der Waals surface area contributed by atoms with E-state index in [4.69, 9.17) is 4.42 Å². The number of rotatable bonds is 3. The summed E-state index contributed by atoms with van der Waals surface area (Å²) >= 11 is 0. The topological polar surface area (TPSA) is 13.1 Å². The summed E-state index contributed by atoms with van der Waals surface area (Å²) in [5.41, 5.74) is 10.0. The van der Waals surface area contributed by atoms with Crippen LogP contribution in [0.4, 0.5) is 0 Å². The number of hydrogen-bond donors (Lipinski definition) is 0. The van der Waals surface area contributed by atoms with Crippen LogP contribution >= 0.6 is 0 Å². The normalized spacial score (nSPS) is 19.2. The molecule has 3 aliphatic rings. The summed E-state index contributed by atoms with van der Waals surface area (Å²) in [4.78, 5) is 0. The molecule has 1 heteroatoms. The molecule has 0 saturated carbocycles. The van der Waals surface area contributed by atoms with Crippen LogP contribution in [0.1, 0.15) is 29.5 Å². The predicted octanol–water partition coefficient (Wildman–Crippen LogP) is 9.35. The van der Waals surface area contributed by atoms with Crippen LogP contribution in [0, 0.1) is 11.8 Å². The van der Waals surface area contributed by atoms with Gasteiger partial charge in [-0.05, 0) is 79.9 Å². The van der Waals surface area contributed by atoms with Gasteiger partial charge in [-0.3, -0.25) is 0 Å². The van der Waals surface area contributed by atoms with Gasteiger partial charge in [-0.2, -0.15) is 0 Å². The highest BCUT2D eigenvalue weighted by atomic mass is 16.3. The molecule has 6 aromatic rings. The molecule has 43 heavy (non-hydrogen) atoms. The lowest BCUT2D eigenvalue weighted by Gasteiger charge is -2.31. The number of hydrogen-bond acceptors (Lipinski definition) is 1. The van der Waals surface area contributed by atoms with Crippen LogP contribution in [0.25, 0.3) is 55.3 Å². The Balaban J connectivity index is 1.31. The van der Waals surface area contributed by atoms with Crippen molar-refractivity contribution in [3.63, 3.8) is 0 Å². The Morgan fingerprint density at radius 3 is 2.02 bits per heavy atom. The van der Waals surface area contributed by atoms with Crippen molar-refractivity contribution in [3.05, 3.63) is 167 Å². The van der Waals surface area contributed by atoms with E-state index >= 15 is 0 Å². The minimum Gasteiger partial charge on any atom is -0.456 e. The summed E-state index contributed by atoms with van der Waals surface area (Å²) in [5, 5.41) is 7.74. The van der Waals surface area contributed by atoms with E-state index in [1.807, 2.05) is 0 Å². The van der Waals surface area contributed by atoms with Gasteiger partial charge >= 0.3 is 0 Å². The molecule has 0 saturated heterocycles. The van der Waals surface area contributed by atoms with Gasteiger partial charge in [0, 0.05) is 22.4 Å². The zero-order valence-electron chi connectivity index (χ0n) is 23.8. The maximum absolute atomic E-state index is 6.38.